The van der Waals surface area contributed by atoms with Gasteiger partial charge in [-0.1, -0.05) is 48.5 Å². The van der Waals surface area contributed by atoms with Gasteiger partial charge in [0.2, 0.25) is 5.91 Å². The number of rotatable bonds is 10. The minimum absolute atomic E-state index is 0.566. The van der Waals surface area contributed by atoms with E-state index < -0.39 is 67.5 Å². The summed E-state index contributed by atoms with van der Waals surface area (Å²) in [4.78, 5) is 26.4. The van der Waals surface area contributed by atoms with Crippen LogP contribution in [0.3, 0.4) is 0 Å². The molecule has 0 aromatic heterocycles. The number of carboxylic acid groups (broad SMARTS) is 1. The van der Waals surface area contributed by atoms with Crippen LogP contribution in [0.5, 0.6) is 5.75 Å². The topological polar surface area (TPSA) is 82.1 Å². The first kappa shape index (κ1) is 40.7. The lowest BCUT2D eigenvalue weighted by atomic mass is 9.76. The third kappa shape index (κ3) is 9.61. The van der Waals surface area contributed by atoms with Crippen molar-refractivity contribution in [2.45, 2.75) is 69.6 Å². The fraction of sp³-hybridized carbons (Fsp3) is 0.538. The van der Waals surface area contributed by atoms with Crippen molar-refractivity contribution in [3.05, 3.63) is 65.7 Å². The molecule has 14 heteroatoms. The van der Waals surface area contributed by atoms with Gasteiger partial charge < -0.3 is 20.1 Å². The number of piperidine rings is 2. The molecular weight excluding hydrogens is 721 g/mol. The van der Waals surface area contributed by atoms with Gasteiger partial charge >= 0.3 is 18.3 Å². The minimum atomic E-state index is -5.00. The van der Waals surface area contributed by atoms with Crippen molar-refractivity contribution in [2.75, 3.05) is 52.6 Å². The molecule has 0 radical (unpaired) electrons. The molecule has 1 amide bonds. The van der Waals surface area contributed by atoms with Crippen molar-refractivity contribution < 1.29 is 45.8 Å². The molecule has 6 rings (SSSR count). The van der Waals surface area contributed by atoms with E-state index in [0.29, 0.717) is 17.2 Å². The number of amides is 1. The van der Waals surface area contributed by atoms with Crippen LogP contribution < -0.4 is 10.1 Å². The average Bonchev–Trinajstić information content (AvgIpc) is 3.86. The third-order valence-corrected chi connectivity index (χ3v) is 11.7. The van der Waals surface area contributed by atoms with E-state index in [1.165, 1.54) is 78.1 Å². The number of alkyl halides is 6. The molecule has 1 unspecified atom stereocenters. The van der Waals surface area contributed by atoms with E-state index in [1.54, 1.807) is 7.11 Å². The molecular formula is C39H47F6N3O4S. The number of benzene rings is 3. The Hall–Kier alpha value is -3.49. The molecule has 1 spiro atoms. The van der Waals surface area contributed by atoms with Crippen LogP contribution in [0.4, 0.5) is 26.3 Å². The van der Waals surface area contributed by atoms with Gasteiger partial charge in [-0.25, -0.2) is 4.79 Å². The molecule has 3 aromatic rings. The highest BCUT2D eigenvalue weighted by molar-refractivity contribution is 7.99. The first-order valence-corrected chi connectivity index (χ1v) is 19.1. The van der Waals surface area contributed by atoms with E-state index in [4.69, 9.17) is 9.84 Å². The quantitative estimate of drug-likeness (QED) is 0.159. The predicted molar refractivity (Wildman–Crippen MR) is 195 cm³/mol. The molecule has 53 heavy (non-hydrogen) atoms. The zero-order valence-corrected chi connectivity index (χ0v) is 31.0. The predicted octanol–water partition coefficient (Wildman–Crippen LogP) is 8.33. The van der Waals surface area contributed by atoms with Crippen LogP contribution in [0.15, 0.2) is 54.6 Å². The molecule has 2 N–H and O–H groups in total. The normalized spacial score (nSPS) is 19.3. The number of ether oxygens (including phenoxy) is 1. The molecule has 2 heterocycles. The van der Waals surface area contributed by atoms with Gasteiger partial charge in [0.05, 0.1) is 13.7 Å². The van der Waals surface area contributed by atoms with E-state index in [2.05, 4.69) is 66.4 Å². The summed E-state index contributed by atoms with van der Waals surface area (Å²) >= 11 is 0.630. The number of fused-ring (bicyclic) bond motifs is 1. The molecule has 1 atom stereocenters. The zero-order valence-electron chi connectivity index (χ0n) is 30.2. The maximum Gasteiger partial charge on any atom is 0.403 e. The van der Waals surface area contributed by atoms with Crippen molar-refractivity contribution in [3.8, 4) is 16.9 Å². The van der Waals surface area contributed by atoms with Crippen molar-refractivity contribution >= 4 is 34.4 Å². The lowest BCUT2D eigenvalue weighted by Crippen LogP contribution is -2.58. The summed E-state index contributed by atoms with van der Waals surface area (Å²) in [6.45, 7) is 3.41. The summed E-state index contributed by atoms with van der Waals surface area (Å²) in [7, 11) is 1.79. The van der Waals surface area contributed by atoms with Gasteiger partial charge in [0, 0.05) is 18.7 Å². The number of carbonyl (C=O) groups excluding carboxylic acids is 1. The Balaban J connectivity index is 0.000000209. The Morgan fingerprint density at radius 3 is 2.17 bits per heavy atom. The van der Waals surface area contributed by atoms with E-state index in [9.17, 15) is 35.9 Å². The first-order valence-electron chi connectivity index (χ1n) is 17.8. The fourth-order valence-corrected chi connectivity index (χ4v) is 8.20. The Kier molecular flexibility index (Phi) is 12.7. The Bertz CT molecular complexity index is 1760. The van der Waals surface area contributed by atoms with Gasteiger partial charge in [0.15, 0.2) is 5.37 Å². The van der Waals surface area contributed by atoms with Crippen LogP contribution in [-0.4, -0.2) is 97.1 Å². The van der Waals surface area contributed by atoms with Crippen LogP contribution in [0, 0.1) is 17.8 Å². The van der Waals surface area contributed by atoms with Gasteiger partial charge in [-0.2, -0.15) is 26.3 Å². The third-order valence-electron chi connectivity index (χ3n) is 10.9. The van der Waals surface area contributed by atoms with Crippen LogP contribution in [-0.2, 0) is 16.0 Å². The van der Waals surface area contributed by atoms with E-state index >= 15 is 0 Å². The highest BCUT2D eigenvalue weighted by Gasteiger charge is 2.61. The summed E-state index contributed by atoms with van der Waals surface area (Å²) < 4.78 is 83.0. The molecule has 1 saturated carbocycles. The molecule has 0 bridgehead atoms. The number of thioether (sulfide) groups is 1. The van der Waals surface area contributed by atoms with Gasteiger partial charge in [0.1, 0.15) is 11.2 Å². The molecule has 3 aliphatic rings. The van der Waals surface area contributed by atoms with Crippen LogP contribution >= 0.6 is 11.8 Å². The number of methoxy groups -OCH3 is 1. The maximum absolute atomic E-state index is 13.4. The number of nitrogens with zero attached hydrogens (tertiary/aromatic N) is 2. The number of aryl methyl sites for hydroxylation is 1. The number of nitrogens with one attached hydrogen (secondary N) is 1. The Labute approximate surface area is 310 Å². The molecule has 2 saturated heterocycles. The molecule has 7 nitrogen and oxygen atoms in total. The minimum Gasteiger partial charge on any atom is -0.496 e. The number of halogens is 6. The van der Waals surface area contributed by atoms with Gasteiger partial charge in [0.25, 0.3) is 0 Å². The number of likely N-dealkylation sites (tertiary alicyclic amines) is 2. The van der Waals surface area contributed by atoms with Crippen LogP contribution in [0.2, 0.25) is 0 Å². The van der Waals surface area contributed by atoms with E-state index in [1.807, 2.05) is 5.32 Å². The monoisotopic (exact) mass is 767 g/mol. The average molecular weight is 768 g/mol. The highest BCUT2D eigenvalue weighted by atomic mass is 32.2. The molecule has 3 fully saturated rings. The molecule has 2 aliphatic heterocycles. The number of carbonyl (C=O) groups is 2. The number of hydrogen-bond acceptors (Lipinski definition) is 6. The Morgan fingerprint density at radius 2 is 1.57 bits per heavy atom. The SMILES string of the molecule is COc1cccc(CCN2CCCC3(CC3)C2)c1-c1cccc2c(C)cccc12.CSC(NC(=O)C1(C(F)(F)F)CCN(CC(F)(F)F)CC1)C(=O)O. The first-order chi connectivity index (χ1) is 25.0. The second-order valence-corrected chi connectivity index (χ2v) is 15.4. The van der Waals surface area contributed by atoms with E-state index in [-0.39, 0.29) is 0 Å². The highest BCUT2D eigenvalue weighted by Crippen LogP contribution is 2.52. The van der Waals surface area contributed by atoms with Crippen LogP contribution in [0.25, 0.3) is 21.9 Å². The maximum atomic E-state index is 13.4. The van der Waals surface area contributed by atoms with Gasteiger partial charge in [-0.3, -0.25) is 9.69 Å². The fourth-order valence-electron chi connectivity index (χ4n) is 7.77. The van der Waals surface area contributed by atoms with Crippen molar-refractivity contribution in [1.82, 2.24) is 15.1 Å². The summed E-state index contributed by atoms with van der Waals surface area (Å²) in [6.07, 6.45) is -3.19. The number of hydrogen-bond donors (Lipinski definition) is 2. The second-order valence-electron chi connectivity index (χ2n) is 14.5. The lowest BCUT2D eigenvalue weighted by Gasteiger charge is -2.41. The molecule has 3 aromatic carbocycles. The summed E-state index contributed by atoms with van der Waals surface area (Å²) in [5.41, 5.74) is 3.07. The second kappa shape index (κ2) is 16.5. The van der Waals surface area contributed by atoms with Crippen LogP contribution in [0.1, 0.15) is 49.7 Å². The Morgan fingerprint density at radius 1 is 0.906 bits per heavy atom. The zero-order chi connectivity index (χ0) is 38.6. The molecule has 1 aliphatic carbocycles. The smallest absolute Gasteiger partial charge is 0.403 e. The van der Waals surface area contributed by atoms with E-state index in [0.717, 1.165) is 23.6 Å². The summed E-state index contributed by atoms with van der Waals surface area (Å²) in [5.74, 6) is -2.06. The number of aliphatic carboxylic acids is 1. The lowest BCUT2D eigenvalue weighted by molar-refractivity contribution is -0.236. The van der Waals surface area contributed by atoms with Gasteiger partial charge in [-0.05, 0) is 117 Å². The van der Waals surface area contributed by atoms with Gasteiger partial charge in [-0.15, -0.1) is 11.8 Å². The standard InChI is InChI=1S/C27H31NO.C12H16F6N2O3S/c1-20-7-3-10-23-22(20)9-5-11-24(23)26-21(8-4-12-25(26)29-2)13-18-28-17-6-14-27(19-28)15-16-27;1-24-7(8(21)22)19-9(23)10(12(16,17)18)2-4-20(5-3-10)6-11(13,14)15/h3-5,7-12H,6,13-19H2,1-2H3;7H,2-6H2,1H3,(H,19,23)(H,21,22). The molecule has 290 valence electrons. The largest absolute Gasteiger partial charge is 0.496 e. The van der Waals surface area contributed by atoms with Crippen molar-refractivity contribution in [3.63, 3.8) is 0 Å². The number of carboxylic acids is 1. The summed E-state index contributed by atoms with van der Waals surface area (Å²) in [5, 5.41) is 11.7. The van der Waals surface area contributed by atoms with Crippen molar-refractivity contribution in [1.29, 1.82) is 0 Å². The van der Waals surface area contributed by atoms with Crippen molar-refractivity contribution in [2.24, 2.45) is 10.8 Å². The summed E-state index contributed by atoms with van der Waals surface area (Å²) in [6, 6.07) is 19.8.